The molecule has 7 heteroatoms. The first-order valence-electron chi connectivity index (χ1n) is 9.38. The Labute approximate surface area is 169 Å². The van der Waals surface area contributed by atoms with E-state index in [9.17, 15) is 4.79 Å². The lowest BCUT2D eigenvalue weighted by Gasteiger charge is -2.15. The van der Waals surface area contributed by atoms with Crippen LogP contribution >= 0.6 is 11.8 Å². The molecule has 2 heterocycles. The van der Waals surface area contributed by atoms with E-state index in [0.29, 0.717) is 22.7 Å². The van der Waals surface area contributed by atoms with Crippen LogP contribution in [0.15, 0.2) is 52.2 Å². The van der Waals surface area contributed by atoms with Crippen LogP contribution in [0.3, 0.4) is 0 Å². The number of carbonyl (C=O) groups excluding carboxylic acids is 1. The molecule has 1 aromatic carbocycles. The first-order valence-corrected chi connectivity index (χ1v) is 10.4. The molecule has 0 aliphatic carbocycles. The minimum atomic E-state index is -0.0422. The molecule has 0 aliphatic rings. The molecule has 0 spiro atoms. The minimum Gasteiger partial charge on any atom is -0.461 e. The van der Waals surface area contributed by atoms with Gasteiger partial charge in [0.2, 0.25) is 5.91 Å². The van der Waals surface area contributed by atoms with Gasteiger partial charge in [-0.05, 0) is 42.5 Å². The SMILES string of the molecule is CC(C)Cc1ccc(C(C)NC(=O)CSc2nnc(-c3ccco3)n2C)cc1. The van der Waals surface area contributed by atoms with Crippen molar-refractivity contribution in [3.63, 3.8) is 0 Å². The Morgan fingerprint density at radius 2 is 1.93 bits per heavy atom. The Balaban J connectivity index is 1.53. The maximum absolute atomic E-state index is 12.4. The molecule has 0 saturated carbocycles. The summed E-state index contributed by atoms with van der Waals surface area (Å²) in [5.41, 5.74) is 2.42. The standard InChI is InChI=1S/C21H26N4O2S/c1-14(2)12-16-7-9-17(10-8-16)15(3)22-19(26)13-28-21-24-23-20(25(21)4)18-6-5-11-27-18/h5-11,14-15H,12-13H2,1-4H3,(H,22,26). The van der Waals surface area contributed by atoms with E-state index in [1.165, 1.54) is 17.3 Å². The summed E-state index contributed by atoms with van der Waals surface area (Å²) in [5, 5.41) is 12.0. The monoisotopic (exact) mass is 398 g/mol. The third-order valence-electron chi connectivity index (χ3n) is 4.41. The topological polar surface area (TPSA) is 73.0 Å². The summed E-state index contributed by atoms with van der Waals surface area (Å²) in [7, 11) is 1.86. The predicted octanol–water partition coefficient (Wildman–Crippen LogP) is 4.24. The molecule has 0 bridgehead atoms. The van der Waals surface area contributed by atoms with Gasteiger partial charge >= 0.3 is 0 Å². The average Bonchev–Trinajstić information content (AvgIpc) is 3.29. The normalized spacial score (nSPS) is 12.3. The summed E-state index contributed by atoms with van der Waals surface area (Å²) < 4.78 is 7.19. The molecule has 1 N–H and O–H groups in total. The summed E-state index contributed by atoms with van der Waals surface area (Å²) in [6.07, 6.45) is 2.66. The predicted molar refractivity (Wildman–Crippen MR) is 111 cm³/mol. The quantitative estimate of drug-likeness (QED) is 0.575. The highest BCUT2D eigenvalue weighted by atomic mass is 32.2. The Morgan fingerprint density at radius 3 is 2.57 bits per heavy atom. The Bertz CT molecular complexity index is 901. The lowest BCUT2D eigenvalue weighted by molar-refractivity contribution is -0.119. The van der Waals surface area contributed by atoms with E-state index >= 15 is 0 Å². The van der Waals surface area contributed by atoms with Crippen LogP contribution in [0.4, 0.5) is 0 Å². The molecule has 1 amide bonds. The van der Waals surface area contributed by atoms with Gasteiger partial charge in [0.1, 0.15) is 0 Å². The number of thioether (sulfide) groups is 1. The van der Waals surface area contributed by atoms with Crippen molar-refractivity contribution in [1.82, 2.24) is 20.1 Å². The molecule has 3 rings (SSSR count). The van der Waals surface area contributed by atoms with Gasteiger partial charge < -0.3 is 14.3 Å². The van der Waals surface area contributed by atoms with Gasteiger partial charge in [0.25, 0.3) is 0 Å². The lowest BCUT2D eigenvalue weighted by Crippen LogP contribution is -2.28. The third-order valence-corrected chi connectivity index (χ3v) is 5.43. The Morgan fingerprint density at radius 1 is 1.18 bits per heavy atom. The molecule has 28 heavy (non-hydrogen) atoms. The lowest BCUT2D eigenvalue weighted by atomic mass is 10.00. The van der Waals surface area contributed by atoms with Crippen molar-refractivity contribution in [2.24, 2.45) is 13.0 Å². The van der Waals surface area contributed by atoms with Crippen LogP contribution in [0.5, 0.6) is 0 Å². The molecule has 148 valence electrons. The van der Waals surface area contributed by atoms with E-state index in [1.54, 1.807) is 12.3 Å². The molecular formula is C21H26N4O2S. The van der Waals surface area contributed by atoms with Crippen LogP contribution in [0, 0.1) is 5.92 Å². The van der Waals surface area contributed by atoms with Gasteiger partial charge in [0.15, 0.2) is 16.7 Å². The number of amides is 1. The molecule has 0 aliphatic heterocycles. The van der Waals surface area contributed by atoms with E-state index in [-0.39, 0.29) is 17.7 Å². The van der Waals surface area contributed by atoms with Crippen LogP contribution in [0.1, 0.15) is 37.9 Å². The third kappa shape index (κ3) is 5.04. The molecule has 1 unspecified atom stereocenters. The summed E-state index contributed by atoms with van der Waals surface area (Å²) >= 11 is 1.36. The largest absolute Gasteiger partial charge is 0.461 e. The van der Waals surface area contributed by atoms with Gasteiger partial charge in [-0.3, -0.25) is 4.79 Å². The highest BCUT2D eigenvalue weighted by Gasteiger charge is 2.15. The number of hydrogen-bond donors (Lipinski definition) is 1. The minimum absolute atomic E-state index is 0.0358. The number of carbonyl (C=O) groups is 1. The number of benzene rings is 1. The molecule has 0 saturated heterocycles. The van der Waals surface area contributed by atoms with Crippen molar-refractivity contribution in [3.05, 3.63) is 53.8 Å². The summed E-state index contributed by atoms with van der Waals surface area (Å²) in [6.45, 7) is 6.42. The second-order valence-corrected chi connectivity index (χ2v) is 8.20. The number of nitrogens with one attached hydrogen (secondary N) is 1. The molecular weight excluding hydrogens is 372 g/mol. The van der Waals surface area contributed by atoms with E-state index in [4.69, 9.17) is 4.42 Å². The van der Waals surface area contributed by atoms with E-state index in [0.717, 1.165) is 12.0 Å². The molecule has 3 aromatic rings. The van der Waals surface area contributed by atoms with Crippen LogP contribution in [0.2, 0.25) is 0 Å². The van der Waals surface area contributed by atoms with E-state index in [1.807, 2.05) is 24.6 Å². The van der Waals surface area contributed by atoms with Gasteiger partial charge in [-0.15, -0.1) is 10.2 Å². The van der Waals surface area contributed by atoms with Crippen molar-refractivity contribution in [1.29, 1.82) is 0 Å². The van der Waals surface area contributed by atoms with Gasteiger partial charge in [-0.2, -0.15) is 0 Å². The van der Waals surface area contributed by atoms with Gasteiger partial charge in [-0.25, -0.2) is 0 Å². The fourth-order valence-electron chi connectivity index (χ4n) is 2.97. The van der Waals surface area contributed by atoms with Crippen molar-refractivity contribution in [2.75, 3.05) is 5.75 Å². The number of rotatable bonds is 8. The molecule has 6 nitrogen and oxygen atoms in total. The first kappa shape index (κ1) is 20.2. The fraction of sp³-hybridized carbons (Fsp3) is 0.381. The average molecular weight is 399 g/mol. The second kappa shape index (κ2) is 9.10. The van der Waals surface area contributed by atoms with Crippen LogP contribution in [-0.2, 0) is 18.3 Å². The van der Waals surface area contributed by atoms with Crippen molar-refractivity contribution in [3.8, 4) is 11.6 Å². The van der Waals surface area contributed by atoms with Crippen LogP contribution in [0.25, 0.3) is 11.6 Å². The zero-order valence-corrected chi connectivity index (χ0v) is 17.5. The molecule has 1 atom stereocenters. The maximum atomic E-state index is 12.4. The smallest absolute Gasteiger partial charge is 0.230 e. The molecule has 0 radical (unpaired) electrons. The Kier molecular flexibility index (Phi) is 6.57. The number of furan rings is 1. The number of nitrogens with zero attached hydrogens (tertiary/aromatic N) is 3. The Hall–Kier alpha value is -2.54. The van der Waals surface area contributed by atoms with Gasteiger partial charge in [-0.1, -0.05) is 49.9 Å². The first-order chi connectivity index (χ1) is 13.4. The van der Waals surface area contributed by atoms with Crippen LogP contribution < -0.4 is 5.32 Å². The summed E-state index contributed by atoms with van der Waals surface area (Å²) in [5.74, 6) is 2.17. The molecule has 0 fully saturated rings. The van der Waals surface area contributed by atoms with Crippen molar-refractivity contribution < 1.29 is 9.21 Å². The maximum Gasteiger partial charge on any atom is 0.230 e. The van der Waals surface area contributed by atoms with Gasteiger partial charge in [0, 0.05) is 7.05 Å². The fourth-order valence-corrected chi connectivity index (χ4v) is 3.69. The summed E-state index contributed by atoms with van der Waals surface area (Å²) in [6, 6.07) is 12.1. The second-order valence-electron chi connectivity index (χ2n) is 7.26. The van der Waals surface area contributed by atoms with Crippen molar-refractivity contribution in [2.45, 2.75) is 38.4 Å². The zero-order chi connectivity index (χ0) is 20.1. The molecule has 2 aromatic heterocycles. The number of hydrogen-bond acceptors (Lipinski definition) is 5. The van der Waals surface area contributed by atoms with Gasteiger partial charge in [0.05, 0.1) is 18.1 Å². The van der Waals surface area contributed by atoms with Crippen LogP contribution in [-0.4, -0.2) is 26.4 Å². The van der Waals surface area contributed by atoms with E-state index in [2.05, 4.69) is 53.6 Å². The van der Waals surface area contributed by atoms with E-state index < -0.39 is 0 Å². The summed E-state index contributed by atoms with van der Waals surface area (Å²) in [4.78, 5) is 12.4. The number of aromatic nitrogens is 3. The zero-order valence-electron chi connectivity index (χ0n) is 16.7. The van der Waals surface area contributed by atoms with Crippen molar-refractivity contribution >= 4 is 17.7 Å². The highest BCUT2D eigenvalue weighted by Crippen LogP contribution is 2.23. The highest BCUT2D eigenvalue weighted by molar-refractivity contribution is 7.99.